The van der Waals surface area contributed by atoms with Gasteiger partial charge in [0.25, 0.3) is 5.56 Å². The van der Waals surface area contributed by atoms with Crippen molar-refractivity contribution >= 4 is 12.6 Å². The number of nitrogens with zero attached hydrogens (tertiary/aromatic N) is 2. The molecule has 2 heterocycles. The molecule has 146 valence electrons. The summed E-state index contributed by atoms with van der Waals surface area (Å²) in [6.45, 7) is 6.75. The summed E-state index contributed by atoms with van der Waals surface area (Å²) in [4.78, 5) is 14.8. The van der Waals surface area contributed by atoms with Crippen molar-refractivity contribution < 1.29 is 4.74 Å². The Hall–Kier alpha value is -1.72. The van der Waals surface area contributed by atoms with E-state index in [2.05, 4.69) is 48.7 Å². The molecule has 27 heavy (non-hydrogen) atoms. The average Bonchev–Trinajstić information content (AvgIpc) is 3.19. The Morgan fingerprint density at radius 2 is 1.81 bits per heavy atom. The lowest BCUT2D eigenvalue weighted by Crippen LogP contribution is -2.20. The van der Waals surface area contributed by atoms with Crippen LogP contribution >= 0.6 is 12.6 Å². The Bertz CT molecular complexity index is 767. The summed E-state index contributed by atoms with van der Waals surface area (Å²) in [7, 11) is 0. The van der Waals surface area contributed by atoms with Crippen molar-refractivity contribution in [2.45, 2.75) is 50.9 Å². The van der Waals surface area contributed by atoms with Crippen LogP contribution in [0.25, 0.3) is 0 Å². The minimum absolute atomic E-state index is 0.0228. The fourth-order valence-corrected chi connectivity index (χ4v) is 3.41. The van der Waals surface area contributed by atoms with Crippen LogP contribution in [0.3, 0.4) is 0 Å². The molecule has 1 aliphatic heterocycles. The summed E-state index contributed by atoms with van der Waals surface area (Å²) < 4.78 is 7.37. The molecule has 4 nitrogen and oxygen atoms in total. The number of benzene rings is 1. The lowest BCUT2D eigenvalue weighted by atomic mass is 10.1. The molecule has 5 heteroatoms. The molecule has 1 atom stereocenters. The molecule has 3 rings (SSSR count). The Morgan fingerprint density at radius 3 is 2.48 bits per heavy atom. The third kappa shape index (κ3) is 6.15. The van der Waals surface area contributed by atoms with Gasteiger partial charge in [-0.2, -0.15) is 12.6 Å². The molecule has 0 bridgehead atoms. The number of pyridine rings is 1. The zero-order valence-corrected chi connectivity index (χ0v) is 17.0. The standard InChI is InChI=1S/C22H30N2O2S/c1-2-21(27)17-26-20-10-14-24(22(25)15-20)13-9-18-5-7-19(8-6-18)16-23-11-3-4-12-23/h5-8,10,14-15,21,27H,2-4,9,11-13,16-17H2,1H3. The predicted octanol–water partition coefficient (Wildman–Crippen LogP) is 3.77. The van der Waals surface area contributed by atoms with Gasteiger partial charge in [-0.25, -0.2) is 0 Å². The van der Waals surface area contributed by atoms with Gasteiger partial charge in [-0.05, 0) is 56.0 Å². The van der Waals surface area contributed by atoms with Crippen LogP contribution in [-0.2, 0) is 19.5 Å². The van der Waals surface area contributed by atoms with E-state index in [1.165, 1.54) is 37.1 Å². The lowest BCUT2D eigenvalue weighted by Gasteiger charge is -2.15. The highest BCUT2D eigenvalue weighted by molar-refractivity contribution is 7.81. The Kier molecular flexibility index (Phi) is 7.41. The fraction of sp³-hybridized carbons (Fsp3) is 0.500. The summed E-state index contributed by atoms with van der Waals surface area (Å²) in [5.74, 6) is 0.620. The first kappa shape index (κ1) is 20.0. The smallest absolute Gasteiger partial charge is 0.254 e. The van der Waals surface area contributed by atoms with Crippen molar-refractivity contribution in [2.75, 3.05) is 19.7 Å². The van der Waals surface area contributed by atoms with Crippen molar-refractivity contribution in [1.82, 2.24) is 9.47 Å². The molecule has 1 saturated heterocycles. The van der Waals surface area contributed by atoms with Gasteiger partial charge in [0.15, 0.2) is 0 Å². The normalized spacial score (nSPS) is 15.8. The van der Waals surface area contributed by atoms with E-state index in [0.717, 1.165) is 19.4 Å². The quantitative estimate of drug-likeness (QED) is 0.666. The van der Waals surface area contributed by atoms with Gasteiger partial charge in [-0.15, -0.1) is 0 Å². The summed E-state index contributed by atoms with van der Waals surface area (Å²) in [6, 6.07) is 12.2. The molecule has 0 N–H and O–H groups in total. The molecule has 2 aromatic rings. The number of aryl methyl sites for hydroxylation is 2. The SMILES string of the molecule is CCC(S)COc1ccn(CCc2ccc(CN3CCCC3)cc2)c(=O)c1. The predicted molar refractivity (Wildman–Crippen MR) is 114 cm³/mol. The van der Waals surface area contributed by atoms with Crippen LogP contribution in [0, 0.1) is 0 Å². The van der Waals surface area contributed by atoms with E-state index >= 15 is 0 Å². The van der Waals surface area contributed by atoms with Crippen LogP contribution in [0.15, 0.2) is 47.4 Å². The van der Waals surface area contributed by atoms with Gasteiger partial charge in [-0.3, -0.25) is 9.69 Å². The number of hydrogen-bond acceptors (Lipinski definition) is 4. The van der Waals surface area contributed by atoms with Gasteiger partial charge in [0, 0.05) is 30.6 Å². The Balaban J connectivity index is 1.51. The first-order valence-electron chi connectivity index (χ1n) is 9.95. The number of likely N-dealkylation sites (tertiary alicyclic amines) is 1. The first-order chi connectivity index (χ1) is 13.1. The highest BCUT2D eigenvalue weighted by atomic mass is 32.1. The van der Waals surface area contributed by atoms with Crippen molar-refractivity contribution in [3.05, 3.63) is 64.1 Å². The molecule has 0 saturated carbocycles. The summed E-state index contributed by atoms with van der Waals surface area (Å²) >= 11 is 4.41. The van der Waals surface area contributed by atoms with Gasteiger partial charge in [0.05, 0.1) is 6.61 Å². The van der Waals surface area contributed by atoms with E-state index in [1.807, 2.05) is 12.3 Å². The van der Waals surface area contributed by atoms with Gasteiger partial charge < -0.3 is 9.30 Å². The summed E-state index contributed by atoms with van der Waals surface area (Å²) in [6.07, 6.45) is 6.25. The maximum Gasteiger partial charge on any atom is 0.254 e. The van der Waals surface area contributed by atoms with E-state index in [1.54, 1.807) is 10.6 Å². The van der Waals surface area contributed by atoms with Crippen LogP contribution in [0.4, 0.5) is 0 Å². The number of thiol groups is 1. The minimum Gasteiger partial charge on any atom is -0.492 e. The second-order valence-electron chi connectivity index (χ2n) is 7.32. The summed E-state index contributed by atoms with van der Waals surface area (Å²) in [5, 5.41) is 0.195. The maximum atomic E-state index is 12.3. The lowest BCUT2D eigenvalue weighted by molar-refractivity contribution is 0.314. The minimum atomic E-state index is -0.0228. The van der Waals surface area contributed by atoms with Crippen molar-refractivity contribution in [3.63, 3.8) is 0 Å². The topological polar surface area (TPSA) is 34.5 Å². The molecular formula is C22H30N2O2S. The summed E-state index contributed by atoms with van der Waals surface area (Å²) in [5.41, 5.74) is 2.60. The van der Waals surface area contributed by atoms with E-state index < -0.39 is 0 Å². The van der Waals surface area contributed by atoms with Crippen LogP contribution in [-0.4, -0.2) is 34.4 Å². The van der Waals surface area contributed by atoms with E-state index in [4.69, 9.17) is 4.74 Å². The zero-order valence-electron chi connectivity index (χ0n) is 16.1. The maximum absolute atomic E-state index is 12.3. The van der Waals surface area contributed by atoms with Gasteiger partial charge in [-0.1, -0.05) is 31.2 Å². The van der Waals surface area contributed by atoms with Crippen LogP contribution in [0.2, 0.25) is 0 Å². The Labute approximate surface area is 167 Å². The number of ether oxygens (including phenoxy) is 1. The molecule has 1 fully saturated rings. The van der Waals surface area contributed by atoms with Gasteiger partial charge >= 0.3 is 0 Å². The number of rotatable bonds is 9. The van der Waals surface area contributed by atoms with Crippen LogP contribution in [0.5, 0.6) is 5.75 Å². The number of hydrogen-bond donors (Lipinski definition) is 1. The van der Waals surface area contributed by atoms with E-state index in [-0.39, 0.29) is 10.8 Å². The first-order valence-corrected chi connectivity index (χ1v) is 10.5. The van der Waals surface area contributed by atoms with Crippen LogP contribution < -0.4 is 10.3 Å². The second kappa shape index (κ2) is 10.00. The molecule has 0 radical (unpaired) electrons. The van der Waals surface area contributed by atoms with Crippen LogP contribution in [0.1, 0.15) is 37.3 Å². The zero-order chi connectivity index (χ0) is 19.1. The molecule has 0 spiro atoms. The molecule has 1 aromatic heterocycles. The largest absolute Gasteiger partial charge is 0.492 e. The van der Waals surface area contributed by atoms with E-state index in [9.17, 15) is 4.79 Å². The highest BCUT2D eigenvalue weighted by Gasteiger charge is 2.11. The molecule has 1 unspecified atom stereocenters. The molecule has 0 aliphatic carbocycles. The fourth-order valence-electron chi connectivity index (χ4n) is 3.33. The number of aromatic nitrogens is 1. The van der Waals surface area contributed by atoms with Gasteiger partial charge in [0.1, 0.15) is 5.75 Å². The van der Waals surface area contributed by atoms with Crippen molar-refractivity contribution in [1.29, 1.82) is 0 Å². The third-order valence-corrected chi connectivity index (χ3v) is 5.66. The van der Waals surface area contributed by atoms with Crippen molar-refractivity contribution in [3.8, 4) is 5.75 Å². The Morgan fingerprint density at radius 1 is 1.11 bits per heavy atom. The average molecular weight is 387 g/mol. The van der Waals surface area contributed by atoms with E-state index in [0.29, 0.717) is 18.9 Å². The monoisotopic (exact) mass is 386 g/mol. The van der Waals surface area contributed by atoms with Crippen molar-refractivity contribution in [2.24, 2.45) is 0 Å². The second-order valence-corrected chi connectivity index (χ2v) is 8.05. The molecule has 1 aromatic carbocycles. The molecule has 0 amide bonds. The third-order valence-electron chi connectivity index (χ3n) is 5.15. The van der Waals surface area contributed by atoms with Gasteiger partial charge in [0.2, 0.25) is 0 Å². The highest BCUT2D eigenvalue weighted by Crippen LogP contribution is 2.14. The molecule has 1 aliphatic rings. The molecular weight excluding hydrogens is 356 g/mol.